The van der Waals surface area contributed by atoms with Crippen LogP contribution in [0.4, 0.5) is 10.2 Å². The smallest absolute Gasteiger partial charge is 0.235 e. The highest BCUT2D eigenvalue weighted by Crippen LogP contribution is 2.30. The van der Waals surface area contributed by atoms with Crippen LogP contribution in [0.2, 0.25) is 0 Å². The summed E-state index contributed by atoms with van der Waals surface area (Å²) in [7, 11) is 1.53. The van der Waals surface area contributed by atoms with Gasteiger partial charge in [0.2, 0.25) is 11.8 Å². The zero-order chi connectivity index (χ0) is 24.4. The Kier molecular flexibility index (Phi) is 6.83. The van der Waals surface area contributed by atoms with Gasteiger partial charge in [-0.15, -0.1) is 11.8 Å². The van der Waals surface area contributed by atoms with Gasteiger partial charge in [0.1, 0.15) is 11.6 Å². The number of nitrogens with zero attached hydrogens (tertiary/aromatic N) is 4. The number of pyridine rings is 3. The molecule has 0 radical (unpaired) electrons. The zero-order valence-electron chi connectivity index (χ0n) is 19.4. The van der Waals surface area contributed by atoms with E-state index in [-0.39, 0.29) is 11.7 Å². The maximum absolute atomic E-state index is 14.6. The molecular formula is C24H27FN6O3S. The number of hydrogen-bond acceptors (Lipinski definition) is 9. The van der Waals surface area contributed by atoms with E-state index in [0.29, 0.717) is 73.1 Å². The van der Waals surface area contributed by atoms with Crippen LogP contribution in [0.5, 0.6) is 5.88 Å². The highest BCUT2D eigenvalue weighted by molar-refractivity contribution is 8.00. The summed E-state index contributed by atoms with van der Waals surface area (Å²) in [4.78, 5) is 27.7. The van der Waals surface area contributed by atoms with E-state index in [0.717, 1.165) is 17.1 Å². The summed E-state index contributed by atoms with van der Waals surface area (Å²) in [5.74, 6) is 0.989. The standard InChI is InChI=1S/C24H27FN6O3S/c1-34-21-5-3-18-22(30-21)16(17(25)11-27-18)6-8-31-9-7-24(33,14-31)13-26-10-15-2-4-19-23(28-15)29-20(32)12-35-19/h2-5,11,26,33H,6-10,12-14H2,1H3,(H,28,29,32). The first kappa shape index (κ1) is 23.9. The van der Waals surface area contributed by atoms with Gasteiger partial charge in [-0.1, -0.05) is 0 Å². The van der Waals surface area contributed by atoms with Gasteiger partial charge in [0, 0.05) is 44.4 Å². The second kappa shape index (κ2) is 10.0. The second-order valence-electron chi connectivity index (χ2n) is 8.90. The van der Waals surface area contributed by atoms with Crippen LogP contribution in [0.1, 0.15) is 17.7 Å². The van der Waals surface area contributed by atoms with Gasteiger partial charge in [-0.2, -0.15) is 0 Å². The molecule has 0 aliphatic carbocycles. The summed E-state index contributed by atoms with van der Waals surface area (Å²) < 4.78 is 19.8. The molecule has 3 N–H and O–H groups in total. The monoisotopic (exact) mass is 498 g/mol. The lowest BCUT2D eigenvalue weighted by Crippen LogP contribution is -2.43. The number of nitrogens with one attached hydrogen (secondary N) is 2. The van der Waals surface area contributed by atoms with Gasteiger partial charge in [-0.25, -0.2) is 14.4 Å². The summed E-state index contributed by atoms with van der Waals surface area (Å²) in [5.41, 5.74) is 1.56. The van der Waals surface area contributed by atoms with Crippen LogP contribution in [0.3, 0.4) is 0 Å². The van der Waals surface area contributed by atoms with Crippen molar-refractivity contribution in [2.24, 2.45) is 0 Å². The minimum Gasteiger partial charge on any atom is -0.481 e. The molecule has 3 aromatic rings. The molecule has 0 saturated carbocycles. The van der Waals surface area contributed by atoms with E-state index in [1.54, 1.807) is 12.1 Å². The van der Waals surface area contributed by atoms with Gasteiger partial charge in [0.05, 0.1) is 46.3 Å². The van der Waals surface area contributed by atoms with Crippen LogP contribution in [-0.2, 0) is 17.8 Å². The molecule has 1 unspecified atom stereocenters. The number of ether oxygens (including phenoxy) is 1. The fourth-order valence-corrected chi connectivity index (χ4v) is 5.26. The maximum atomic E-state index is 14.6. The van der Waals surface area contributed by atoms with Crippen molar-refractivity contribution in [3.8, 4) is 5.88 Å². The topological polar surface area (TPSA) is 113 Å². The van der Waals surface area contributed by atoms with Crippen molar-refractivity contribution in [3.05, 3.63) is 47.5 Å². The molecule has 35 heavy (non-hydrogen) atoms. The first-order valence-electron chi connectivity index (χ1n) is 11.5. The Morgan fingerprint density at radius 1 is 1.31 bits per heavy atom. The van der Waals surface area contributed by atoms with Gasteiger partial charge in [0.25, 0.3) is 0 Å². The second-order valence-corrected chi connectivity index (χ2v) is 9.91. The van der Waals surface area contributed by atoms with E-state index >= 15 is 0 Å². The molecular weight excluding hydrogens is 471 g/mol. The molecule has 11 heteroatoms. The number of methoxy groups -OCH3 is 1. The highest BCUT2D eigenvalue weighted by Gasteiger charge is 2.35. The van der Waals surface area contributed by atoms with Crippen LogP contribution in [-0.4, -0.2) is 75.5 Å². The Bertz CT molecular complexity index is 1260. The number of anilines is 1. The minimum absolute atomic E-state index is 0.0463. The first-order chi connectivity index (χ1) is 16.9. The fraction of sp³-hybridized carbons (Fsp3) is 0.417. The molecule has 2 aliphatic heterocycles. The molecule has 2 aliphatic rings. The number of likely N-dealkylation sites (tertiary alicyclic amines) is 1. The van der Waals surface area contributed by atoms with Gasteiger partial charge >= 0.3 is 0 Å². The van der Waals surface area contributed by atoms with Crippen molar-refractivity contribution < 1.29 is 19.0 Å². The molecule has 3 aromatic heterocycles. The summed E-state index contributed by atoms with van der Waals surface area (Å²) in [6, 6.07) is 7.37. The van der Waals surface area contributed by atoms with Crippen LogP contribution in [0.25, 0.3) is 11.0 Å². The third-order valence-electron chi connectivity index (χ3n) is 6.33. The number of halogens is 1. The first-order valence-corrected chi connectivity index (χ1v) is 12.5. The van der Waals surface area contributed by atoms with E-state index in [1.165, 1.54) is 25.1 Å². The van der Waals surface area contributed by atoms with Crippen molar-refractivity contribution in [1.82, 2.24) is 25.2 Å². The summed E-state index contributed by atoms with van der Waals surface area (Å²) in [6.45, 7) is 2.71. The molecule has 1 fully saturated rings. The van der Waals surface area contributed by atoms with E-state index in [1.807, 2.05) is 12.1 Å². The van der Waals surface area contributed by atoms with Gasteiger partial charge in [0.15, 0.2) is 0 Å². The molecule has 5 rings (SSSR count). The van der Waals surface area contributed by atoms with Crippen molar-refractivity contribution >= 4 is 34.5 Å². The molecule has 0 bridgehead atoms. The number of amides is 1. The van der Waals surface area contributed by atoms with Crippen LogP contribution < -0.4 is 15.4 Å². The normalized spacial score (nSPS) is 20.1. The molecule has 0 spiro atoms. The van der Waals surface area contributed by atoms with Crippen LogP contribution >= 0.6 is 11.8 Å². The number of aromatic nitrogens is 3. The fourth-order valence-electron chi connectivity index (χ4n) is 4.50. The Hall–Kier alpha value is -2.86. The predicted molar refractivity (Wildman–Crippen MR) is 131 cm³/mol. The summed E-state index contributed by atoms with van der Waals surface area (Å²) in [6.07, 6.45) is 2.31. The van der Waals surface area contributed by atoms with Crippen molar-refractivity contribution in [3.63, 3.8) is 0 Å². The minimum atomic E-state index is -0.876. The molecule has 0 aromatic carbocycles. The van der Waals surface area contributed by atoms with E-state index < -0.39 is 5.60 Å². The SMILES string of the molecule is COc1ccc2ncc(F)c(CCN3CCC(O)(CNCc4ccc5c(n4)NC(=O)CS5)C3)c2n1. The molecule has 9 nitrogen and oxygen atoms in total. The summed E-state index contributed by atoms with van der Waals surface area (Å²) in [5, 5.41) is 17.1. The number of carbonyl (C=O) groups is 1. The third kappa shape index (κ3) is 5.37. The number of hydrogen-bond donors (Lipinski definition) is 3. The number of carbonyl (C=O) groups excluding carboxylic acids is 1. The largest absolute Gasteiger partial charge is 0.481 e. The lowest BCUT2D eigenvalue weighted by Gasteiger charge is -2.24. The zero-order valence-corrected chi connectivity index (χ0v) is 20.2. The van der Waals surface area contributed by atoms with E-state index in [9.17, 15) is 14.3 Å². The van der Waals surface area contributed by atoms with Gasteiger partial charge in [-0.05, 0) is 31.0 Å². The Labute approximate surface area is 206 Å². The molecule has 1 saturated heterocycles. The van der Waals surface area contributed by atoms with Crippen molar-refractivity contribution in [2.45, 2.75) is 29.9 Å². The van der Waals surface area contributed by atoms with Crippen molar-refractivity contribution in [2.75, 3.05) is 44.4 Å². The number of fused-ring (bicyclic) bond motifs is 2. The average molecular weight is 499 g/mol. The molecule has 184 valence electrons. The van der Waals surface area contributed by atoms with Gasteiger partial charge in [-0.3, -0.25) is 14.7 Å². The molecule has 5 heterocycles. The lowest BCUT2D eigenvalue weighted by molar-refractivity contribution is -0.113. The number of aliphatic hydroxyl groups is 1. The predicted octanol–water partition coefficient (Wildman–Crippen LogP) is 1.99. The average Bonchev–Trinajstić information content (AvgIpc) is 3.23. The Morgan fingerprint density at radius 3 is 3.06 bits per heavy atom. The van der Waals surface area contributed by atoms with Gasteiger partial charge < -0.3 is 20.5 Å². The summed E-state index contributed by atoms with van der Waals surface area (Å²) >= 11 is 1.48. The van der Waals surface area contributed by atoms with E-state index in [2.05, 4.69) is 30.5 Å². The third-order valence-corrected chi connectivity index (χ3v) is 7.38. The van der Waals surface area contributed by atoms with E-state index in [4.69, 9.17) is 4.74 Å². The maximum Gasteiger partial charge on any atom is 0.235 e. The quantitative estimate of drug-likeness (QED) is 0.429. The Morgan fingerprint density at radius 2 is 2.20 bits per heavy atom. The number of thioether (sulfide) groups is 1. The highest BCUT2D eigenvalue weighted by atomic mass is 32.2. The number of rotatable bonds is 8. The van der Waals surface area contributed by atoms with Crippen LogP contribution in [0.15, 0.2) is 35.4 Å². The Balaban J connectivity index is 1.16. The molecule has 1 amide bonds. The van der Waals surface area contributed by atoms with Crippen molar-refractivity contribution in [1.29, 1.82) is 0 Å². The lowest BCUT2D eigenvalue weighted by atomic mass is 10.0. The molecule has 1 atom stereocenters. The van der Waals surface area contributed by atoms with Crippen LogP contribution in [0, 0.1) is 5.82 Å². The number of β-amino-alcohol motifs (C(OH)–C–C–N with tert-alkyl or cyclic N) is 1.